The summed E-state index contributed by atoms with van der Waals surface area (Å²) in [7, 11) is 0. The molecule has 10 heavy (non-hydrogen) atoms. The summed E-state index contributed by atoms with van der Waals surface area (Å²) in [5.74, 6) is 0.0619. The summed E-state index contributed by atoms with van der Waals surface area (Å²) in [5, 5.41) is 3.80. The average molecular weight is 156 g/mol. The first-order valence-electron chi connectivity index (χ1n) is 3.08. The van der Waals surface area contributed by atoms with Crippen LogP contribution >= 0.6 is 11.5 Å². The minimum absolute atomic E-state index is 0.0619. The maximum absolute atomic E-state index is 10.8. The maximum Gasteiger partial charge on any atom is 0.173 e. The Kier molecular flexibility index (Phi) is 2.11. The summed E-state index contributed by atoms with van der Waals surface area (Å²) in [6.45, 7) is 3.50. The van der Waals surface area contributed by atoms with Crippen molar-refractivity contribution in [3.63, 3.8) is 0 Å². The van der Waals surface area contributed by atoms with E-state index >= 15 is 0 Å². The van der Waals surface area contributed by atoms with Crippen molar-refractivity contribution in [2.75, 3.05) is 0 Å². The molecule has 0 amide bonds. The number of nitrogens with zero attached hydrogens (tertiary/aromatic N) is 2. The Bertz CT molecular complexity index is 244. The summed E-state index contributed by atoms with van der Waals surface area (Å²) >= 11 is 1.17. The van der Waals surface area contributed by atoms with E-state index < -0.39 is 0 Å². The Labute approximate surface area is 63.2 Å². The van der Waals surface area contributed by atoms with Crippen molar-refractivity contribution in [2.24, 2.45) is 0 Å². The summed E-state index contributed by atoms with van der Waals surface area (Å²) in [4.78, 5) is 11.5. The monoisotopic (exact) mass is 156 g/mol. The third-order valence-corrected chi connectivity index (χ3v) is 2.08. The van der Waals surface area contributed by atoms with Crippen LogP contribution in [0.5, 0.6) is 0 Å². The molecule has 1 aromatic rings. The Morgan fingerprint density at radius 2 is 2.40 bits per heavy atom. The fourth-order valence-corrected chi connectivity index (χ4v) is 1.35. The van der Waals surface area contributed by atoms with Gasteiger partial charge >= 0.3 is 0 Å². The molecule has 0 saturated carbocycles. The van der Waals surface area contributed by atoms with Gasteiger partial charge in [-0.05, 0) is 18.0 Å². The van der Waals surface area contributed by atoms with Crippen molar-refractivity contribution >= 4 is 17.3 Å². The molecule has 0 radical (unpaired) electrons. The van der Waals surface area contributed by atoms with Gasteiger partial charge in [-0.2, -0.15) is 0 Å². The number of ketones is 1. The van der Waals surface area contributed by atoms with E-state index in [1.165, 1.54) is 18.5 Å². The molecule has 0 aromatic carbocycles. The molecule has 0 N–H and O–H groups in total. The third kappa shape index (κ3) is 1.21. The highest BCUT2D eigenvalue weighted by Crippen LogP contribution is 2.10. The van der Waals surface area contributed by atoms with Crippen LogP contribution in [0.3, 0.4) is 0 Å². The molecule has 4 heteroatoms. The van der Waals surface area contributed by atoms with Gasteiger partial charge in [0.15, 0.2) is 5.78 Å². The van der Waals surface area contributed by atoms with Gasteiger partial charge in [0.1, 0.15) is 4.88 Å². The van der Waals surface area contributed by atoms with Crippen molar-refractivity contribution in [3.8, 4) is 0 Å². The molecule has 3 nitrogen and oxygen atoms in total. The zero-order valence-corrected chi connectivity index (χ0v) is 6.73. The van der Waals surface area contributed by atoms with E-state index in [0.29, 0.717) is 4.88 Å². The molecule has 0 atom stereocenters. The SMILES string of the molecule is CCc1nnsc1C(C)=O. The Balaban J connectivity index is 3.01. The quantitative estimate of drug-likeness (QED) is 0.606. The fourth-order valence-electron chi connectivity index (χ4n) is 0.707. The predicted molar refractivity (Wildman–Crippen MR) is 39.3 cm³/mol. The molecule has 1 rings (SSSR count). The second kappa shape index (κ2) is 2.88. The number of Topliss-reactive ketones (excluding diaryl/α,β-unsaturated/α-hetero) is 1. The van der Waals surface area contributed by atoms with Gasteiger partial charge in [0.25, 0.3) is 0 Å². The molecule has 0 fully saturated rings. The minimum atomic E-state index is 0.0619. The molecule has 1 heterocycles. The van der Waals surface area contributed by atoms with Crippen molar-refractivity contribution in [1.29, 1.82) is 0 Å². The van der Waals surface area contributed by atoms with E-state index in [4.69, 9.17) is 0 Å². The number of rotatable bonds is 2. The summed E-state index contributed by atoms with van der Waals surface area (Å²) in [5.41, 5.74) is 0.817. The van der Waals surface area contributed by atoms with Gasteiger partial charge in [-0.15, -0.1) is 5.10 Å². The molecule has 54 valence electrons. The van der Waals surface area contributed by atoms with Crippen LogP contribution in [0.25, 0.3) is 0 Å². The van der Waals surface area contributed by atoms with Crippen LogP contribution in [0.4, 0.5) is 0 Å². The highest BCUT2D eigenvalue weighted by molar-refractivity contribution is 7.08. The molecule has 0 aliphatic rings. The number of hydrogen-bond donors (Lipinski definition) is 0. The first kappa shape index (κ1) is 7.34. The molecular weight excluding hydrogens is 148 g/mol. The number of carbonyl (C=O) groups is 1. The molecule has 0 saturated heterocycles. The largest absolute Gasteiger partial charge is 0.293 e. The van der Waals surface area contributed by atoms with Crippen molar-refractivity contribution in [3.05, 3.63) is 10.6 Å². The number of aromatic nitrogens is 2. The molecule has 0 spiro atoms. The van der Waals surface area contributed by atoms with E-state index in [0.717, 1.165) is 12.1 Å². The van der Waals surface area contributed by atoms with Gasteiger partial charge in [0, 0.05) is 6.92 Å². The first-order valence-corrected chi connectivity index (χ1v) is 3.85. The molecule has 0 aliphatic carbocycles. The highest BCUT2D eigenvalue weighted by atomic mass is 32.1. The van der Waals surface area contributed by atoms with E-state index in [2.05, 4.69) is 9.59 Å². The van der Waals surface area contributed by atoms with Gasteiger partial charge in [0.05, 0.1) is 5.69 Å². The van der Waals surface area contributed by atoms with E-state index in [-0.39, 0.29) is 5.78 Å². The third-order valence-electron chi connectivity index (χ3n) is 1.21. The normalized spacial score (nSPS) is 9.80. The zero-order valence-electron chi connectivity index (χ0n) is 5.92. The molecule has 0 unspecified atom stereocenters. The summed E-state index contributed by atoms with van der Waals surface area (Å²) < 4.78 is 3.69. The standard InChI is InChI=1S/C6H8N2OS/c1-3-5-6(4(2)9)10-8-7-5/h3H2,1-2H3. The van der Waals surface area contributed by atoms with E-state index in [1.54, 1.807) is 0 Å². The molecule has 0 bridgehead atoms. The highest BCUT2D eigenvalue weighted by Gasteiger charge is 2.08. The predicted octanol–water partition coefficient (Wildman–Crippen LogP) is 1.30. The number of hydrogen-bond acceptors (Lipinski definition) is 4. The van der Waals surface area contributed by atoms with Crippen LogP contribution in [0.15, 0.2) is 0 Å². The van der Waals surface area contributed by atoms with Gasteiger partial charge in [-0.1, -0.05) is 11.4 Å². The lowest BCUT2D eigenvalue weighted by Gasteiger charge is -1.88. The lowest BCUT2D eigenvalue weighted by atomic mass is 10.2. The topological polar surface area (TPSA) is 42.9 Å². The first-order chi connectivity index (χ1) is 4.75. The Hall–Kier alpha value is -0.770. The number of carbonyl (C=O) groups excluding carboxylic acids is 1. The van der Waals surface area contributed by atoms with Gasteiger partial charge in [-0.25, -0.2) is 0 Å². The van der Waals surface area contributed by atoms with Crippen LogP contribution in [-0.4, -0.2) is 15.4 Å². The molecular formula is C6H8N2OS. The lowest BCUT2D eigenvalue weighted by Crippen LogP contribution is -1.93. The Morgan fingerprint density at radius 3 is 2.80 bits per heavy atom. The zero-order chi connectivity index (χ0) is 7.56. The van der Waals surface area contributed by atoms with E-state index in [9.17, 15) is 4.79 Å². The molecule has 1 aromatic heterocycles. The second-order valence-corrected chi connectivity index (χ2v) is 2.71. The maximum atomic E-state index is 10.8. The van der Waals surface area contributed by atoms with Crippen LogP contribution < -0.4 is 0 Å². The number of aryl methyl sites for hydroxylation is 1. The van der Waals surface area contributed by atoms with E-state index in [1.807, 2.05) is 6.92 Å². The van der Waals surface area contributed by atoms with Crippen LogP contribution in [-0.2, 0) is 6.42 Å². The van der Waals surface area contributed by atoms with Gasteiger partial charge < -0.3 is 0 Å². The lowest BCUT2D eigenvalue weighted by molar-refractivity contribution is 0.102. The van der Waals surface area contributed by atoms with Crippen LogP contribution in [0.1, 0.15) is 29.2 Å². The van der Waals surface area contributed by atoms with Crippen molar-refractivity contribution in [1.82, 2.24) is 9.59 Å². The van der Waals surface area contributed by atoms with Gasteiger partial charge in [0.2, 0.25) is 0 Å². The van der Waals surface area contributed by atoms with Gasteiger partial charge in [-0.3, -0.25) is 4.79 Å². The van der Waals surface area contributed by atoms with Crippen LogP contribution in [0.2, 0.25) is 0 Å². The minimum Gasteiger partial charge on any atom is -0.293 e. The average Bonchev–Trinajstić information content (AvgIpc) is 2.33. The van der Waals surface area contributed by atoms with Crippen molar-refractivity contribution in [2.45, 2.75) is 20.3 Å². The van der Waals surface area contributed by atoms with Crippen molar-refractivity contribution < 1.29 is 4.79 Å². The van der Waals surface area contributed by atoms with Crippen LogP contribution in [0, 0.1) is 0 Å². The summed E-state index contributed by atoms with van der Waals surface area (Å²) in [6, 6.07) is 0. The summed E-state index contributed by atoms with van der Waals surface area (Å²) in [6.07, 6.45) is 0.783. The Morgan fingerprint density at radius 1 is 1.70 bits per heavy atom. The smallest absolute Gasteiger partial charge is 0.173 e. The fraction of sp³-hybridized carbons (Fsp3) is 0.500. The second-order valence-electron chi connectivity index (χ2n) is 1.96. The molecule has 0 aliphatic heterocycles.